The number of para-hydroxylation sites is 1. The molecule has 2 aliphatic heterocycles. The minimum absolute atomic E-state index is 0. The lowest BCUT2D eigenvalue weighted by Gasteiger charge is -2.24. The van der Waals surface area contributed by atoms with Gasteiger partial charge in [0.05, 0.1) is 18.5 Å². The molecule has 2 aromatic rings. The number of guanidine groups is 1. The number of hydrogen-bond donors (Lipinski definition) is 1. The number of aliphatic imine (C=N–C) groups is 1. The molecule has 4 rings (SSSR count). The van der Waals surface area contributed by atoms with Crippen LogP contribution in [-0.2, 0) is 11.2 Å². The SMILES string of the molecule is CN=C(NCCc1cnn(-c2ccccc2)c1)N1CCC2(CCOC2)C1.I. The molecule has 2 saturated heterocycles. The quantitative estimate of drug-likeness (QED) is 0.415. The number of rotatable bonds is 4. The van der Waals surface area contributed by atoms with Crippen LogP contribution in [0, 0.1) is 5.41 Å². The summed E-state index contributed by atoms with van der Waals surface area (Å²) < 4.78 is 7.55. The second-order valence-electron chi connectivity index (χ2n) is 7.33. The lowest BCUT2D eigenvalue weighted by Crippen LogP contribution is -2.42. The zero-order chi connectivity index (χ0) is 17.8. The van der Waals surface area contributed by atoms with Crippen LogP contribution in [0.25, 0.3) is 5.69 Å². The first-order valence-electron chi connectivity index (χ1n) is 9.40. The molecule has 2 fully saturated rings. The maximum atomic E-state index is 5.63. The fourth-order valence-corrected chi connectivity index (χ4v) is 3.95. The van der Waals surface area contributed by atoms with Crippen molar-refractivity contribution in [3.8, 4) is 5.69 Å². The molecule has 0 amide bonds. The smallest absolute Gasteiger partial charge is 0.193 e. The minimum atomic E-state index is 0. The van der Waals surface area contributed by atoms with Crippen molar-refractivity contribution in [1.82, 2.24) is 20.0 Å². The summed E-state index contributed by atoms with van der Waals surface area (Å²) >= 11 is 0. The van der Waals surface area contributed by atoms with Crippen LogP contribution in [0.5, 0.6) is 0 Å². The summed E-state index contributed by atoms with van der Waals surface area (Å²) in [6.07, 6.45) is 7.35. The number of nitrogens with zero attached hydrogens (tertiary/aromatic N) is 4. The van der Waals surface area contributed by atoms with Crippen molar-refractivity contribution in [1.29, 1.82) is 0 Å². The van der Waals surface area contributed by atoms with Crippen LogP contribution in [0.15, 0.2) is 47.7 Å². The van der Waals surface area contributed by atoms with E-state index in [4.69, 9.17) is 4.74 Å². The number of halogens is 1. The van der Waals surface area contributed by atoms with Gasteiger partial charge in [-0.05, 0) is 37.0 Å². The molecule has 27 heavy (non-hydrogen) atoms. The van der Waals surface area contributed by atoms with Gasteiger partial charge in [0, 0.05) is 44.9 Å². The zero-order valence-electron chi connectivity index (χ0n) is 15.8. The van der Waals surface area contributed by atoms with Crippen LogP contribution in [-0.4, -0.2) is 60.5 Å². The van der Waals surface area contributed by atoms with Crippen LogP contribution >= 0.6 is 24.0 Å². The standard InChI is InChI=1S/C20H27N5O.HI/c1-21-19(24-11-8-20(15-24)9-12-26-16-20)22-10-7-17-13-23-25(14-17)18-5-3-2-4-6-18;/h2-6,13-14H,7-12,15-16H2,1H3,(H,21,22);1H. The monoisotopic (exact) mass is 481 g/mol. The number of ether oxygens (including phenoxy) is 1. The van der Waals surface area contributed by atoms with Gasteiger partial charge in [-0.15, -0.1) is 24.0 Å². The van der Waals surface area contributed by atoms with Gasteiger partial charge < -0.3 is 15.0 Å². The molecule has 0 aliphatic carbocycles. The molecule has 0 radical (unpaired) electrons. The van der Waals surface area contributed by atoms with E-state index < -0.39 is 0 Å². The Hall–Kier alpha value is -1.61. The first-order valence-corrected chi connectivity index (χ1v) is 9.40. The van der Waals surface area contributed by atoms with Crippen LogP contribution in [0.1, 0.15) is 18.4 Å². The van der Waals surface area contributed by atoms with Gasteiger partial charge in [0.2, 0.25) is 0 Å². The summed E-state index contributed by atoms with van der Waals surface area (Å²) in [6.45, 7) is 4.78. The van der Waals surface area contributed by atoms with E-state index in [1.165, 1.54) is 18.4 Å². The maximum absolute atomic E-state index is 5.63. The minimum Gasteiger partial charge on any atom is -0.381 e. The Morgan fingerprint density at radius 2 is 2.15 bits per heavy atom. The Morgan fingerprint density at radius 1 is 1.30 bits per heavy atom. The molecule has 1 spiro atoms. The average Bonchev–Trinajstić information content (AvgIpc) is 3.42. The van der Waals surface area contributed by atoms with E-state index in [0.29, 0.717) is 5.41 Å². The van der Waals surface area contributed by atoms with Crippen molar-refractivity contribution in [3.05, 3.63) is 48.3 Å². The average molecular weight is 481 g/mol. The fourth-order valence-electron chi connectivity index (χ4n) is 3.95. The van der Waals surface area contributed by atoms with Crippen LogP contribution in [0.2, 0.25) is 0 Å². The molecule has 0 bridgehead atoms. The lowest BCUT2D eigenvalue weighted by molar-refractivity contribution is 0.156. The molecule has 146 valence electrons. The van der Waals surface area contributed by atoms with E-state index in [-0.39, 0.29) is 24.0 Å². The van der Waals surface area contributed by atoms with Crippen molar-refractivity contribution in [2.45, 2.75) is 19.3 Å². The van der Waals surface area contributed by atoms with Crippen molar-refractivity contribution in [2.75, 3.05) is 39.9 Å². The molecule has 1 N–H and O–H groups in total. The van der Waals surface area contributed by atoms with Crippen LogP contribution < -0.4 is 5.32 Å². The van der Waals surface area contributed by atoms with Gasteiger partial charge >= 0.3 is 0 Å². The van der Waals surface area contributed by atoms with Gasteiger partial charge in [-0.25, -0.2) is 4.68 Å². The molecule has 0 saturated carbocycles. The molecule has 1 aromatic carbocycles. The highest BCUT2D eigenvalue weighted by atomic mass is 127. The normalized spacial score (nSPS) is 22.3. The molecule has 7 heteroatoms. The zero-order valence-corrected chi connectivity index (χ0v) is 18.1. The van der Waals surface area contributed by atoms with E-state index in [9.17, 15) is 0 Å². The Balaban J connectivity index is 0.00000210. The summed E-state index contributed by atoms with van der Waals surface area (Å²) in [5, 5.41) is 7.98. The van der Waals surface area contributed by atoms with Crippen molar-refractivity contribution < 1.29 is 4.74 Å². The van der Waals surface area contributed by atoms with E-state index in [1.807, 2.05) is 36.1 Å². The Bertz CT molecular complexity index is 755. The van der Waals surface area contributed by atoms with Crippen molar-refractivity contribution >= 4 is 29.9 Å². The number of benzene rings is 1. The van der Waals surface area contributed by atoms with E-state index >= 15 is 0 Å². The molecular weight excluding hydrogens is 453 g/mol. The second kappa shape index (κ2) is 9.05. The number of nitrogens with one attached hydrogen (secondary N) is 1. The first kappa shape index (κ1) is 20.1. The number of hydrogen-bond acceptors (Lipinski definition) is 3. The highest BCUT2D eigenvalue weighted by Gasteiger charge is 2.42. The third-order valence-corrected chi connectivity index (χ3v) is 5.49. The van der Waals surface area contributed by atoms with E-state index in [2.05, 4.69) is 38.6 Å². The van der Waals surface area contributed by atoms with Crippen molar-refractivity contribution in [3.63, 3.8) is 0 Å². The topological polar surface area (TPSA) is 54.7 Å². The largest absolute Gasteiger partial charge is 0.381 e. The van der Waals surface area contributed by atoms with Gasteiger partial charge in [0.15, 0.2) is 5.96 Å². The van der Waals surface area contributed by atoms with E-state index in [1.54, 1.807) is 0 Å². The summed E-state index contributed by atoms with van der Waals surface area (Å²) in [4.78, 5) is 6.86. The van der Waals surface area contributed by atoms with Crippen molar-refractivity contribution in [2.24, 2.45) is 10.4 Å². The lowest BCUT2D eigenvalue weighted by atomic mass is 9.87. The molecule has 1 unspecified atom stereocenters. The number of likely N-dealkylation sites (tertiary alicyclic amines) is 1. The van der Waals surface area contributed by atoms with Gasteiger partial charge in [0.1, 0.15) is 0 Å². The third kappa shape index (κ3) is 4.63. The van der Waals surface area contributed by atoms with Gasteiger partial charge in [-0.2, -0.15) is 5.10 Å². The van der Waals surface area contributed by atoms with Gasteiger partial charge in [-0.3, -0.25) is 4.99 Å². The maximum Gasteiger partial charge on any atom is 0.193 e. The van der Waals surface area contributed by atoms with Gasteiger partial charge in [-0.1, -0.05) is 18.2 Å². The summed E-state index contributed by atoms with van der Waals surface area (Å²) in [5.41, 5.74) is 2.66. The highest BCUT2D eigenvalue weighted by Crippen LogP contribution is 2.38. The Morgan fingerprint density at radius 3 is 2.89 bits per heavy atom. The molecule has 1 atom stereocenters. The predicted octanol–water partition coefficient (Wildman–Crippen LogP) is 2.72. The summed E-state index contributed by atoms with van der Waals surface area (Å²) in [7, 11) is 1.87. The van der Waals surface area contributed by atoms with Crippen LogP contribution in [0.3, 0.4) is 0 Å². The van der Waals surface area contributed by atoms with Crippen LogP contribution in [0.4, 0.5) is 0 Å². The summed E-state index contributed by atoms with van der Waals surface area (Å²) in [6, 6.07) is 10.2. The molecule has 6 nitrogen and oxygen atoms in total. The van der Waals surface area contributed by atoms with Gasteiger partial charge in [0.25, 0.3) is 0 Å². The highest BCUT2D eigenvalue weighted by molar-refractivity contribution is 14.0. The Kier molecular flexibility index (Phi) is 6.75. The predicted molar refractivity (Wildman–Crippen MR) is 118 cm³/mol. The first-order chi connectivity index (χ1) is 12.8. The molecular formula is C20H28IN5O. The third-order valence-electron chi connectivity index (χ3n) is 5.49. The number of aromatic nitrogens is 2. The molecule has 3 heterocycles. The molecule has 1 aromatic heterocycles. The second-order valence-corrected chi connectivity index (χ2v) is 7.33. The fraction of sp³-hybridized carbons (Fsp3) is 0.500. The molecule has 2 aliphatic rings. The summed E-state index contributed by atoms with van der Waals surface area (Å²) in [5.74, 6) is 1.00. The van der Waals surface area contributed by atoms with E-state index in [0.717, 1.165) is 50.9 Å². The Labute approximate surface area is 178 Å².